The Hall–Kier alpha value is -0.800. The molecule has 0 saturated heterocycles. The quantitative estimate of drug-likeness (QED) is 0.626. The Bertz CT molecular complexity index is 396. The fourth-order valence-corrected chi connectivity index (χ4v) is 2.04. The molecule has 0 aliphatic rings. The summed E-state index contributed by atoms with van der Waals surface area (Å²) in [5, 5.41) is 3.38. The highest BCUT2D eigenvalue weighted by Crippen LogP contribution is 2.14. The zero-order valence-corrected chi connectivity index (χ0v) is 13.0. The van der Waals surface area contributed by atoms with Crippen LogP contribution in [0.25, 0.3) is 0 Å². The molecule has 1 aromatic rings. The molecule has 1 aromatic carbocycles. The maximum atomic E-state index is 5.67. The smallest absolute Gasteiger partial charge is 0.100 e. The first-order chi connectivity index (χ1) is 8.37. The monoisotopic (exact) mass is 311 g/mol. The van der Waals surface area contributed by atoms with Gasteiger partial charge >= 0.3 is 0 Å². The second-order valence-electron chi connectivity index (χ2n) is 5.31. The van der Waals surface area contributed by atoms with Crippen LogP contribution in [0.5, 0.6) is 0 Å². The summed E-state index contributed by atoms with van der Waals surface area (Å²) in [7, 11) is 0. The van der Waals surface area contributed by atoms with E-state index >= 15 is 0 Å². The van der Waals surface area contributed by atoms with Crippen molar-refractivity contribution in [2.24, 2.45) is 0 Å². The molecule has 0 saturated carbocycles. The Labute approximate surface area is 119 Å². The van der Waals surface area contributed by atoms with Crippen LogP contribution in [0.2, 0.25) is 0 Å². The highest BCUT2D eigenvalue weighted by molar-refractivity contribution is 9.10. The molecule has 18 heavy (non-hydrogen) atoms. The maximum Gasteiger partial charge on any atom is 0.100 e. The number of halogens is 1. The first kappa shape index (κ1) is 15.3. The molecular formula is C15H22BrNO. The van der Waals surface area contributed by atoms with Gasteiger partial charge in [0.1, 0.15) is 5.60 Å². The van der Waals surface area contributed by atoms with Crippen molar-refractivity contribution < 1.29 is 4.74 Å². The van der Waals surface area contributed by atoms with E-state index in [1.807, 2.05) is 32.9 Å². The zero-order valence-electron chi connectivity index (χ0n) is 11.4. The van der Waals surface area contributed by atoms with Gasteiger partial charge in [-0.25, -0.2) is 0 Å². The van der Waals surface area contributed by atoms with Crippen molar-refractivity contribution in [3.8, 4) is 0 Å². The molecule has 0 aliphatic heterocycles. The number of hydrogen-bond donors (Lipinski definition) is 1. The predicted octanol–water partition coefficient (Wildman–Crippen LogP) is 4.26. The van der Waals surface area contributed by atoms with E-state index in [0.29, 0.717) is 0 Å². The van der Waals surface area contributed by atoms with Gasteiger partial charge in [0.05, 0.1) is 5.76 Å². The van der Waals surface area contributed by atoms with E-state index in [2.05, 4.69) is 40.0 Å². The molecule has 2 nitrogen and oxygen atoms in total. The molecule has 1 N–H and O–H groups in total. The van der Waals surface area contributed by atoms with Crippen molar-refractivity contribution in [3.05, 3.63) is 46.6 Å². The topological polar surface area (TPSA) is 21.3 Å². The van der Waals surface area contributed by atoms with Gasteiger partial charge in [0.2, 0.25) is 0 Å². The molecule has 1 rings (SSSR count). The Kier molecular flexibility index (Phi) is 5.89. The van der Waals surface area contributed by atoms with Gasteiger partial charge < -0.3 is 10.1 Å². The summed E-state index contributed by atoms with van der Waals surface area (Å²) >= 11 is 3.47. The van der Waals surface area contributed by atoms with Gasteiger partial charge in [-0.15, -0.1) is 0 Å². The summed E-state index contributed by atoms with van der Waals surface area (Å²) in [5.74, 6) is 0.837. The molecule has 100 valence electrons. The molecule has 0 heterocycles. The highest BCUT2D eigenvalue weighted by atomic mass is 79.9. The van der Waals surface area contributed by atoms with E-state index in [4.69, 9.17) is 4.74 Å². The first-order valence-electron chi connectivity index (χ1n) is 6.19. The first-order valence-corrected chi connectivity index (χ1v) is 6.98. The van der Waals surface area contributed by atoms with E-state index in [1.165, 1.54) is 5.56 Å². The minimum absolute atomic E-state index is 0.151. The Morgan fingerprint density at radius 2 is 2.11 bits per heavy atom. The highest BCUT2D eigenvalue weighted by Gasteiger charge is 2.11. The van der Waals surface area contributed by atoms with Crippen LogP contribution in [0, 0.1) is 0 Å². The fourth-order valence-electron chi connectivity index (χ4n) is 1.59. The van der Waals surface area contributed by atoms with Crippen LogP contribution in [-0.4, -0.2) is 12.1 Å². The summed E-state index contributed by atoms with van der Waals surface area (Å²) < 4.78 is 6.78. The van der Waals surface area contributed by atoms with Crippen molar-refractivity contribution in [3.63, 3.8) is 0 Å². The lowest BCUT2D eigenvalue weighted by Gasteiger charge is -2.22. The molecule has 0 aromatic heterocycles. The van der Waals surface area contributed by atoms with Crippen molar-refractivity contribution in [2.45, 2.75) is 39.3 Å². The average molecular weight is 312 g/mol. The van der Waals surface area contributed by atoms with Gasteiger partial charge in [-0.2, -0.15) is 0 Å². The van der Waals surface area contributed by atoms with E-state index in [0.717, 1.165) is 29.7 Å². The average Bonchev–Trinajstić information content (AvgIpc) is 2.22. The van der Waals surface area contributed by atoms with Crippen LogP contribution in [0.15, 0.2) is 41.1 Å². The molecule has 0 fully saturated rings. The minimum Gasteiger partial charge on any atom is -0.493 e. The molecule has 0 amide bonds. The van der Waals surface area contributed by atoms with Gasteiger partial charge in [0.25, 0.3) is 0 Å². The molecular weight excluding hydrogens is 290 g/mol. The summed E-state index contributed by atoms with van der Waals surface area (Å²) in [4.78, 5) is 0. The Morgan fingerprint density at radius 3 is 2.72 bits per heavy atom. The number of benzene rings is 1. The fraction of sp³-hybridized carbons (Fsp3) is 0.467. The summed E-state index contributed by atoms with van der Waals surface area (Å²) in [6.07, 6.45) is 0.839. The lowest BCUT2D eigenvalue weighted by Crippen LogP contribution is -2.21. The number of ether oxygens (including phenoxy) is 1. The van der Waals surface area contributed by atoms with E-state index in [-0.39, 0.29) is 5.60 Å². The van der Waals surface area contributed by atoms with Crippen LogP contribution in [-0.2, 0) is 11.3 Å². The van der Waals surface area contributed by atoms with Crippen molar-refractivity contribution in [1.82, 2.24) is 5.32 Å². The third-order valence-electron chi connectivity index (χ3n) is 2.25. The minimum atomic E-state index is -0.151. The van der Waals surface area contributed by atoms with Gasteiger partial charge in [0.15, 0.2) is 0 Å². The normalized spacial score (nSPS) is 11.3. The Morgan fingerprint density at radius 1 is 1.39 bits per heavy atom. The van der Waals surface area contributed by atoms with Crippen LogP contribution in [0.1, 0.15) is 32.8 Å². The molecule has 0 bridgehead atoms. The van der Waals surface area contributed by atoms with Crippen LogP contribution < -0.4 is 5.32 Å². The molecule has 0 spiro atoms. The molecule has 0 radical (unpaired) electrons. The second kappa shape index (κ2) is 6.95. The summed E-state index contributed by atoms with van der Waals surface area (Å²) in [5.41, 5.74) is 1.12. The molecule has 3 heteroatoms. The van der Waals surface area contributed by atoms with Gasteiger partial charge in [-0.3, -0.25) is 0 Å². The van der Waals surface area contributed by atoms with Crippen molar-refractivity contribution >= 4 is 15.9 Å². The summed E-state index contributed by atoms with van der Waals surface area (Å²) in [6, 6.07) is 8.30. The van der Waals surface area contributed by atoms with Crippen LogP contribution >= 0.6 is 15.9 Å². The number of hydrogen-bond acceptors (Lipinski definition) is 2. The van der Waals surface area contributed by atoms with E-state index < -0.39 is 0 Å². The lowest BCUT2D eigenvalue weighted by molar-refractivity contribution is 0.0479. The predicted molar refractivity (Wildman–Crippen MR) is 80.4 cm³/mol. The van der Waals surface area contributed by atoms with Crippen LogP contribution in [0.3, 0.4) is 0 Å². The number of rotatable bonds is 6. The maximum absolute atomic E-state index is 5.67. The molecule has 0 aliphatic carbocycles. The third kappa shape index (κ3) is 6.82. The van der Waals surface area contributed by atoms with Gasteiger partial charge in [-0.05, 0) is 38.5 Å². The van der Waals surface area contributed by atoms with Gasteiger partial charge in [-0.1, -0.05) is 34.6 Å². The largest absolute Gasteiger partial charge is 0.493 e. The summed E-state index contributed by atoms with van der Waals surface area (Å²) in [6.45, 7) is 11.8. The van der Waals surface area contributed by atoms with Gasteiger partial charge in [0, 0.05) is 24.0 Å². The lowest BCUT2D eigenvalue weighted by atomic mass is 10.2. The number of nitrogens with one attached hydrogen (secondary N) is 1. The van der Waals surface area contributed by atoms with Crippen molar-refractivity contribution in [1.29, 1.82) is 0 Å². The SMILES string of the molecule is C=C(CCNCc1cccc(Br)c1)OC(C)(C)C. The zero-order chi connectivity index (χ0) is 13.6. The van der Waals surface area contributed by atoms with E-state index in [9.17, 15) is 0 Å². The van der Waals surface area contributed by atoms with Crippen LogP contribution in [0.4, 0.5) is 0 Å². The standard InChI is InChI=1S/C15H22BrNO/c1-12(18-15(2,3)4)8-9-17-11-13-6-5-7-14(16)10-13/h5-7,10,17H,1,8-9,11H2,2-4H3. The van der Waals surface area contributed by atoms with E-state index in [1.54, 1.807) is 0 Å². The molecule has 0 atom stereocenters. The molecule has 0 unspecified atom stereocenters. The third-order valence-corrected chi connectivity index (χ3v) is 2.74. The van der Waals surface area contributed by atoms with Crippen molar-refractivity contribution in [2.75, 3.05) is 6.54 Å². The second-order valence-corrected chi connectivity index (χ2v) is 6.23. The Balaban J connectivity index is 2.21.